The molecule has 2 aromatic carbocycles. The Morgan fingerprint density at radius 2 is 1.93 bits per heavy atom. The number of non-ortho nitro benzene ring substituents is 1. The maximum Gasteiger partial charge on any atom is 0.340 e. The van der Waals surface area contributed by atoms with E-state index < -0.39 is 17.0 Å². The molecule has 0 spiro atoms. The predicted molar refractivity (Wildman–Crippen MR) is 98.5 cm³/mol. The summed E-state index contributed by atoms with van der Waals surface area (Å²) in [6.45, 7) is 2.52. The highest BCUT2D eigenvalue weighted by Crippen LogP contribution is 2.24. The normalized spacial score (nSPS) is 14.2. The van der Waals surface area contributed by atoms with Crippen molar-refractivity contribution < 1.29 is 19.2 Å². The Bertz CT molecular complexity index is 915. The average Bonchev–Trinajstić information content (AvgIpc) is 2.66. The van der Waals surface area contributed by atoms with Crippen LogP contribution in [-0.2, 0) is 22.5 Å². The number of benzene rings is 2. The van der Waals surface area contributed by atoms with Crippen LogP contribution in [0.25, 0.3) is 0 Å². The maximum atomic E-state index is 12.6. The zero-order valence-electron chi connectivity index (χ0n) is 14.6. The Balaban J connectivity index is 1.66. The topological polar surface area (TPSA) is 89.7 Å². The number of ether oxygens (including phenoxy) is 1. The molecule has 0 aromatic heterocycles. The van der Waals surface area contributed by atoms with Gasteiger partial charge in [-0.25, -0.2) is 4.79 Å². The number of amides is 1. The standard InChI is InChI=1S/C19H17ClN2O5/c1-12(18(23)21-9-8-13-4-2-3-5-14(13)11-21)27-19(24)16-7-6-15(22(25)26)10-17(16)20/h2-7,10,12H,8-9,11H2,1H3. The molecule has 8 heteroatoms. The number of carbonyl (C=O) groups excluding carboxylic acids is 2. The molecule has 1 amide bonds. The van der Waals surface area contributed by atoms with Crippen molar-refractivity contribution in [3.63, 3.8) is 0 Å². The van der Waals surface area contributed by atoms with Crippen LogP contribution in [0, 0.1) is 10.1 Å². The molecule has 27 heavy (non-hydrogen) atoms. The molecule has 1 aliphatic heterocycles. The minimum absolute atomic E-state index is 0.0223. The molecule has 1 heterocycles. The van der Waals surface area contributed by atoms with Crippen molar-refractivity contribution in [1.29, 1.82) is 0 Å². The van der Waals surface area contributed by atoms with Crippen molar-refractivity contribution in [3.05, 3.63) is 74.3 Å². The minimum atomic E-state index is -0.992. The molecule has 2 aromatic rings. The molecule has 140 valence electrons. The second-order valence-electron chi connectivity index (χ2n) is 6.25. The number of nitrogens with zero attached hydrogens (tertiary/aromatic N) is 2. The molecule has 0 bridgehead atoms. The molecule has 0 N–H and O–H groups in total. The van der Waals surface area contributed by atoms with Crippen molar-refractivity contribution in [2.75, 3.05) is 6.54 Å². The van der Waals surface area contributed by atoms with E-state index in [0.29, 0.717) is 13.1 Å². The van der Waals surface area contributed by atoms with Crippen LogP contribution < -0.4 is 0 Å². The summed E-state index contributed by atoms with van der Waals surface area (Å²) >= 11 is 5.94. The first-order valence-corrected chi connectivity index (χ1v) is 8.75. The van der Waals surface area contributed by atoms with Gasteiger partial charge in [0, 0.05) is 25.2 Å². The zero-order chi connectivity index (χ0) is 19.6. The average molecular weight is 389 g/mol. The highest BCUT2D eigenvalue weighted by Gasteiger charge is 2.28. The fourth-order valence-electron chi connectivity index (χ4n) is 3.00. The molecule has 0 aliphatic carbocycles. The predicted octanol–water partition coefficient (Wildman–Crippen LogP) is 3.38. The zero-order valence-corrected chi connectivity index (χ0v) is 15.3. The SMILES string of the molecule is CC(OC(=O)c1ccc([N+](=O)[O-])cc1Cl)C(=O)N1CCc2ccccc2C1. The lowest BCUT2D eigenvalue weighted by Crippen LogP contribution is -2.42. The van der Waals surface area contributed by atoms with Gasteiger partial charge >= 0.3 is 5.97 Å². The van der Waals surface area contributed by atoms with Crippen molar-refractivity contribution in [3.8, 4) is 0 Å². The molecule has 1 aliphatic rings. The Morgan fingerprint density at radius 1 is 1.22 bits per heavy atom. The molecule has 0 fully saturated rings. The van der Waals surface area contributed by atoms with Gasteiger partial charge in [0.05, 0.1) is 15.5 Å². The van der Waals surface area contributed by atoms with Gasteiger partial charge in [-0.05, 0) is 30.5 Å². The van der Waals surface area contributed by atoms with Crippen molar-refractivity contribution in [1.82, 2.24) is 4.90 Å². The minimum Gasteiger partial charge on any atom is -0.449 e. The second kappa shape index (κ2) is 7.75. The Morgan fingerprint density at radius 3 is 2.59 bits per heavy atom. The Kier molecular flexibility index (Phi) is 5.41. The second-order valence-corrected chi connectivity index (χ2v) is 6.65. The third kappa shape index (κ3) is 4.09. The Hall–Kier alpha value is -2.93. The lowest BCUT2D eigenvalue weighted by atomic mass is 9.99. The van der Waals surface area contributed by atoms with Crippen LogP contribution >= 0.6 is 11.6 Å². The van der Waals surface area contributed by atoms with E-state index in [1.807, 2.05) is 24.3 Å². The van der Waals surface area contributed by atoms with Gasteiger partial charge in [0.25, 0.3) is 11.6 Å². The summed E-state index contributed by atoms with van der Waals surface area (Å²) in [6.07, 6.45) is -0.245. The molecule has 1 atom stereocenters. The summed E-state index contributed by atoms with van der Waals surface area (Å²) in [4.78, 5) is 36.7. The van der Waals surface area contributed by atoms with E-state index in [1.165, 1.54) is 18.6 Å². The fourth-order valence-corrected chi connectivity index (χ4v) is 3.25. The van der Waals surface area contributed by atoms with Crippen LogP contribution in [0.1, 0.15) is 28.4 Å². The van der Waals surface area contributed by atoms with E-state index in [1.54, 1.807) is 4.90 Å². The maximum absolute atomic E-state index is 12.6. The third-order valence-corrected chi connectivity index (χ3v) is 4.77. The summed E-state index contributed by atoms with van der Waals surface area (Å²) in [7, 11) is 0. The molecular formula is C19H17ClN2O5. The van der Waals surface area contributed by atoms with Crippen LogP contribution in [0.2, 0.25) is 5.02 Å². The number of hydrogen-bond donors (Lipinski definition) is 0. The van der Waals surface area contributed by atoms with E-state index in [-0.39, 0.29) is 22.2 Å². The van der Waals surface area contributed by atoms with E-state index >= 15 is 0 Å². The molecule has 7 nitrogen and oxygen atoms in total. The van der Waals surface area contributed by atoms with Crippen molar-refractivity contribution in [2.24, 2.45) is 0 Å². The first-order chi connectivity index (χ1) is 12.9. The summed E-state index contributed by atoms with van der Waals surface area (Å²) in [5.74, 6) is -1.09. The lowest BCUT2D eigenvalue weighted by molar-refractivity contribution is -0.384. The number of hydrogen-bond acceptors (Lipinski definition) is 5. The van der Waals surface area contributed by atoms with Gasteiger partial charge in [-0.1, -0.05) is 35.9 Å². The van der Waals surface area contributed by atoms with E-state index in [2.05, 4.69) is 0 Å². The molecule has 1 unspecified atom stereocenters. The molecule has 0 radical (unpaired) electrons. The van der Waals surface area contributed by atoms with Gasteiger partial charge in [0.15, 0.2) is 6.10 Å². The number of nitro benzene ring substituents is 1. The van der Waals surface area contributed by atoms with Crippen LogP contribution in [0.5, 0.6) is 0 Å². The quantitative estimate of drug-likeness (QED) is 0.455. The van der Waals surface area contributed by atoms with Gasteiger partial charge in [0.2, 0.25) is 0 Å². The van der Waals surface area contributed by atoms with Crippen molar-refractivity contribution >= 4 is 29.2 Å². The van der Waals surface area contributed by atoms with Crippen LogP contribution in [-0.4, -0.2) is 34.3 Å². The molecule has 0 saturated carbocycles. The number of fused-ring (bicyclic) bond motifs is 1. The van der Waals surface area contributed by atoms with Crippen LogP contribution in [0.15, 0.2) is 42.5 Å². The van der Waals surface area contributed by atoms with E-state index in [0.717, 1.165) is 24.1 Å². The Labute approximate surface area is 160 Å². The highest BCUT2D eigenvalue weighted by molar-refractivity contribution is 6.33. The summed E-state index contributed by atoms with van der Waals surface area (Å²) in [5, 5.41) is 10.6. The molecule has 3 rings (SSSR count). The van der Waals surface area contributed by atoms with Gasteiger partial charge in [0.1, 0.15) is 0 Å². The number of halogens is 1. The highest BCUT2D eigenvalue weighted by atomic mass is 35.5. The first kappa shape index (κ1) is 18.8. The number of nitro groups is 1. The number of carbonyl (C=O) groups is 2. The van der Waals surface area contributed by atoms with Crippen LogP contribution in [0.4, 0.5) is 5.69 Å². The first-order valence-electron chi connectivity index (χ1n) is 8.37. The summed E-state index contributed by atoms with van der Waals surface area (Å²) in [6, 6.07) is 11.4. The van der Waals surface area contributed by atoms with Crippen LogP contribution in [0.3, 0.4) is 0 Å². The van der Waals surface area contributed by atoms with Gasteiger partial charge in [-0.3, -0.25) is 14.9 Å². The third-order valence-electron chi connectivity index (χ3n) is 4.46. The number of esters is 1. The summed E-state index contributed by atoms with van der Waals surface area (Å²) in [5.41, 5.74) is 2.04. The lowest BCUT2D eigenvalue weighted by Gasteiger charge is -2.30. The van der Waals surface area contributed by atoms with Gasteiger partial charge < -0.3 is 9.64 Å². The van der Waals surface area contributed by atoms with E-state index in [9.17, 15) is 19.7 Å². The largest absolute Gasteiger partial charge is 0.449 e. The monoisotopic (exact) mass is 388 g/mol. The van der Waals surface area contributed by atoms with Gasteiger partial charge in [-0.2, -0.15) is 0 Å². The summed E-state index contributed by atoms with van der Waals surface area (Å²) < 4.78 is 5.24. The smallest absolute Gasteiger partial charge is 0.340 e. The van der Waals surface area contributed by atoms with Gasteiger partial charge in [-0.15, -0.1) is 0 Å². The molecular weight excluding hydrogens is 372 g/mol. The van der Waals surface area contributed by atoms with E-state index in [4.69, 9.17) is 16.3 Å². The number of rotatable bonds is 4. The van der Waals surface area contributed by atoms with Crippen molar-refractivity contribution in [2.45, 2.75) is 26.0 Å². The fraction of sp³-hybridized carbons (Fsp3) is 0.263. The molecule has 0 saturated heterocycles.